The maximum atomic E-state index is 5.77. The molecule has 1 atom stereocenters. The Morgan fingerprint density at radius 3 is 2.86 bits per heavy atom. The lowest BCUT2D eigenvalue weighted by Crippen LogP contribution is -2.17. The highest BCUT2D eigenvalue weighted by Gasteiger charge is 2.14. The van der Waals surface area contributed by atoms with Gasteiger partial charge in [-0.25, -0.2) is 4.98 Å². The fraction of sp³-hybridized carbons (Fsp3) is 0.500. The van der Waals surface area contributed by atoms with E-state index in [0.717, 1.165) is 12.1 Å². The SMILES string of the molecule is CCOC(C)c1noc(CN(C)Cc2ccc(Cl)nc2)n1. The number of pyridine rings is 1. The number of aromatic nitrogens is 3. The summed E-state index contributed by atoms with van der Waals surface area (Å²) >= 11 is 5.77. The Labute approximate surface area is 129 Å². The van der Waals surface area contributed by atoms with Crippen LogP contribution in [-0.4, -0.2) is 33.7 Å². The molecule has 7 heteroatoms. The van der Waals surface area contributed by atoms with Gasteiger partial charge >= 0.3 is 0 Å². The van der Waals surface area contributed by atoms with Crippen LogP contribution in [0.25, 0.3) is 0 Å². The molecule has 0 aliphatic carbocycles. The Kier molecular flexibility index (Phi) is 5.67. The Balaban J connectivity index is 1.90. The second-order valence-corrected chi connectivity index (χ2v) is 5.19. The molecule has 2 heterocycles. The van der Waals surface area contributed by atoms with Gasteiger partial charge in [-0.15, -0.1) is 0 Å². The molecular weight excluding hydrogens is 292 g/mol. The molecule has 2 aromatic rings. The Bertz CT molecular complexity index is 558. The standard InChI is InChI=1S/C14H19ClN4O2/c1-4-20-10(2)14-17-13(21-18-14)9-19(3)8-11-5-6-12(15)16-7-11/h5-7,10H,4,8-9H2,1-3H3. The molecule has 0 aliphatic rings. The van der Waals surface area contributed by atoms with Crippen LogP contribution in [0.2, 0.25) is 5.15 Å². The zero-order valence-corrected chi connectivity index (χ0v) is 13.2. The molecule has 1 unspecified atom stereocenters. The van der Waals surface area contributed by atoms with E-state index in [2.05, 4.69) is 20.0 Å². The van der Waals surface area contributed by atoms with Gasteiger partial charge < -0.3 is 9.26 Å². The Hall–Kier alpha value is -1.50. The van der Waals surface area contributed by atoms with E-state index in [4.69, 9.17) is 20.9 Å². The molecule has 2 rings (SSSR count). The normalized spacial score (nSPS) is 12.8. The second kappa shape index (κ2) is 7.49. The third-order valence-electron chi connectivity index (χ3n) is 2.91. The summed E-state index contributed by atoms with van der Waals surface area (Å²) in [5.41, 5.74) is 1.07. The first kappa shape index (κ1) is 15.9. The molecule has 0 aliphatic heterocycles. The van der Waals surface area contributed by atoms with Crippen LogP contribution in [0.1, 0.15) is 37.2 Å². The molecule has 0 spiro atoms. The molecule has 0 amide bonds. The minimum absolute atomic E-state index is 0.154. The molecule has 0 bridgehead atoms. The third-order valence-corrected chi connectivity index (χ3v) is 3.13. The van der Waals surface area contributed by atoms with Crippen molar-refractivity contribution in [1.82, 2.24) is 20.0 Å². The van der Waals surface area contributed by atoms with Crippen molar-refractivity contribution in [3.8, 4) is 0 Å². The highest BCUT2D eigenvalue weighted by molar-refractivity contribution is 6.29. The van der Waals surface area contributed by atoms with Crippen molar-refractivity contribution < 1.29 is 9.26 Å². The fourth-order valence-corrected chi connectivity index (χ4v) is 2.03. The molecule has 0 saturated heterocycles. The molecule has 6 nitrogen and oxygen atoms in total. The van der Waals surface area contributed by atoms with Crippen molar-refractivity contribution in [3.63, 3.8) is 0 Å². The van der Waals surface area contributed by atoms with Gasteiger partial charge in [0.2, 0.25) is 5.89 Å². The van der Waals surface area contributed by atoms with Gasteiger partial charge in [-0.2, -0.15) is 4.98 Å². The van der Waals surface area contributed by atoms with Crippen LogP contribution >= 0.6 is 11.6 Å². The van der Waals surface area contributed by atoms with Crippen molar-refractivity contribution in [2.24, 2.45) is 0 Å². The van der Waals surface area contributed by atoms with Gasteiger partial charge in [-0.1, -0.05) is 22.8 Å². The largest absolute Gasteiger partial charge is 0.371 e. The van der Waals surface area contributed by atoms with Gasteiger partial charge in [-0.3, -0.25) is 4.90 Å². The van der Waals surface area contributed by atoms with Gasteiger partial charge in [0.1, 0.15) is 11.3 Å². The number of hydrogen-bond donors (Lipinski definition) is 0. The molecule has 0 aromatic carbocycles. The number of halogens is 1. The van der Waals surface area contributed by atoms with Crippen molar-refractivity contribution in [2.75, 3.05) is 13.7 Å². The minimum Gasteiger partial charge on any atom is -0.371 e. The summed E-state index contributed by atoms with van der Waals surface area (Å²) in [6, 6.07) is 3.72. The third kappa shape index (κ3) is 4.77. The zero-order chi connectivity index (χ0) is 15.2. The van der Waals surface area contributed by atoms with Crippen LogP contribution in [-0.2, 0) is 17.8 Å². The average molecular weight is 311 g/mol. The van der Waals surface area contributed by atoms with E-state index >= 15 is 0 Å². The first-order valence-electron chi connectivity index (χ1n) is 6.81. The van der Waals surface area contributed by atoms with E-state index in [0.29, 0.717) is 30.0 Å². The summed E-state index contributed by atoms with van der Waals surface area (Å²) in [4.78, 5) is 10.5. The maximum absolute atomic E-state index is 5.77. The number of nitrogens with zero attached hydrogens (tertiary/aromatic N) is 4. The lowest BCUT2D eigenvalue weighted by Gasteiger charge is -2.13. The van der Waals surface area contributed by atoms with Crippen molar-refractivity contribution in [1.29, 1.82) is 0 Å². The highest BCUT2D eigenvalue weighted by atomic mass is 35.5. The molecular formula is C14H19ClN4O2. The van der Waals surface area contributed by atoms with Crippen molar-refractivity contribution in [3.05, 3.63) is 40.8 Å². The van der Waals surface area contributed by atoms with Crippen LogP contribution in [0.5, 0.6) is 0 Å². The molecule has 0 radical (unpaired) electrons. The van der Waals surface area contributed by atoms with E-state index in [-0.39, 0.29) is 6.10 Å². The van der Waals surface area contributed by atoms with Crippen LogP contribution in [0.3, 0.4) is 0 Å². The van der Waals surface area contributed by atoms with Crippen LogP contribution in [0.15, 0.2) is 22.9 Å². The first-order valence-corrected chi connectivity index (χ1v) is 7.19. The van der Waals surface area contributed by atoms with Crippen molar-refractivity contribution >= 4 is 11.6 Å². The summed E-state index contributed by atoms with van der Waals surface area (Å²) < 4.78 is 10.7. The minimum atomic E-state index is -0.154. The summed E-state index contributed by atoms with van der Waals surface area (Å²) in [5.74, 6) is 1.15. The molecule has 0 saturated carbocycles. The molecule has 21 heavy (non-hydrogen) atoms. The van der Waals surface area contributed by atoms with Crippen molar-refractivity contribution in [2.45, 2.75) is 33.0 Å². The average Bonchev–Trinajstić information content (AvgIpc) is 2.90. The summed E-state index contributed by atoms with van der Waals surface area (Å²) in [5, 5.41) is 4.43. The van der Waals surface area contributed by atoms with Crippen LogP contribution in [0.4, 0.5) is 0 Å². The van der Waals surface area contributed by atoms with E-state index in [1.54, 1.807) is 12.3 Å². The van der Waals surface area contributed by atoms with Crippen LogP contribution < -0.4 is 0 Å². The highest BCUT2D eigenvalue weighted by Crippen LogP contribution is 2.14. The van der Waals surface area contributed by atoms with Gasteiger partial charge in [0.05, 0.1) is 6.54 Å². The number of rotatable bonds is 7. The van der Waals surface area contributed by atoms with Gasteiger partial charge in [0.25, 0.3) is 0 Å². The maximum Gasteiger partial charge on any atom is 0.240 e. The van der Waals surface area contributed by atoms with Gasteiger partial charge in [0, 0.05) is 19.3 Å². The summed E-state index contributed by atoms with van der Waals surface area (Å²) in [7, 11) is 1.98. The van der Waals surface area contributed by atoms with E-state index < -0.39 is 0 Å². The topological polar surface area (TPSA) is 64.3 Å². The van der Waals surface area contributed by atoms with Gasteiger partial charge in [-0.05, 0) is 32.5 Å². The lowest BCUT2D eigenvalue weighted by atomic mass is 10.3. The quantitative estimate of drug-likeness (QED) is 0.733. The molecule has 0 fully saturated rings. The summed E-state index contributed by atoms with van der Waals surface area (Å²) in [6.45, 7) is 5.75. The second-order valence-electron chi connectivity index (χ2n) is 4.81. The van der Waals surface area contributed by atoms with E-state index in [9.17, 15) is 0 Å². The number of ether oxygens (including phenoxy) is 1. The van der Waals surface area contributed by atoms with E-state index in [1.165, 1.54) is 0 Å². The fourth-order valence-electron chi connectivity index (χ4n) is 1.92. The smallest absolute Gasteiger partial charge is 0.240 e. The summed E-state index contributed by atoms with van der Waals surface area (Å²) in [6.07, 6.45) is 1.60. The predicted molar refractivity (Wildman–Crippen MR) is 78.8 cm³/mol. The molecule has 114 valence electrons. The van der Waals surface area contributed by atoms with Gasteiger partial charge in [0.15, 0.2) is 5.82 Å². The number of hydrogen-bond acceptors (Lipinski definition) is 6. The molecule has 2 aromatic heterocycles. The Morgan fingerprint density at radius 1 is 1.38 bits per heavy atom. The van der Waals surface area contributed by atoms with Crippen LogP contribution in [0, 0.1) is 0 Å². The lowest BCUT2D eigenvalue weighted by molar-refractivity contribution is 0.0683. The first-order chi connectivity index (χ1) is 10.1. The van der Waals surface area contributed by atoms with E-state index in [1.807, 2.05) is 27.0 Å². The molecule has 0 N–H and O–H groups in total. The zero-order valence-electron chi connectivity index (χ0n) is 12.4. The predicted octanol–water partition coefficient (Wildman–Crippen LogP) is 2.85. The monoisotopic (exact) mass is 310 g/mol. The Morgan fingerprint density at radius 2 is 2.19 bits per heavy atom.